The molecule has 3 unspecified atom stereocenters. The van der Waals surface area contributed by atoms with E-state index in [0.717, 1.165) is 41.4 Å². The minimum absolute atomic E-state index is 0.391. The van der Waals surface area contributed by atoms with Crippen LogP contribution in [-0.2, 0) is 0 Å². The molecule has 5 heteroatoms. The van der Waals surface area contributed by atoms with Crippen LogP contribution < -0.4 is 5.73 Å². The Morgan fingerprint density at radius 1 is 1.19 bits per heavy atom. The van der Waals surface area contributed by atoms with Gasteiger partial charge < -0.3 is 5.73 Å². The van der Waals surface area contributed by atoms with Crippen LogP contribution in [0, 0.1) is 18.8 Å². The summed E-state index contributed by atoms with van der Waals surface area (Å²) in [4.78, 5) is 0. The molecule has 1 fully saturated rings. The normalized spacial score (nSPS) is 26.0. The Morgan fingerprint density at radius 2 is 2.00 bits per heavy atom. The molecule has 1 saturated carbocycles. The Labute approximate surface area is 125 Å². The fourth-order valence-electron chi connectivity index (χ4n) is 3.25. The molecule has 1 aliphatic rings. The lowest BCUT2D eigenvalue weighted by Gasteiger charge is -2.32. The summed E-state index contributed by atoms with van der Waals surface area (Å²) < 4.78 is 2.00. The Morgan fingerprint density at radius 3 is 2.76 bits per heavy atom. The Hall–Kier alpha value is -1.91. The summed E-state index contributed by atoms with van der Waals surface area (Å²) in [6.45, 7) is 6.69. The lowest BCUT2D eigenvalue weighted by molar-refractivity contribution is 0.200. The van der Waals surface area contributed by atoms with Gasteiger partial charge in [-0.2, -0.15) is 0 Å². The summed E-state index contributed by atoms with van der Waals surface area (Å²) in [6, 6.07) is 6.31. The quantitative estimate of drug-likeness (QED) is 0.860. The number of hydrogen-bond acceptors (Lipinski definition) is 4. The van der Waals surface area contributed by atoms with Gasteiger partial charge in [-0.1, -0.05) is 26.0 Å². The highest BCUT2D eigenvalue weighted by molar-refractivity contribution is 5.67. The van der Waals surface area contributed by atoms with E-state index in [1.54, 1.807) is 0 Å². The maximum atomic E-state index is 6.02. The van der Waals surface area contributed by atoms with Gasteiger partial charge in [0.1, 0.15) is 0 Å². The van der Waals surface area contributed by atoms with E-state index in [2.05, 4.69) is 29.4 Å². The van der Waals surface area contributed by atoms with Gasteiger partial charge in [0.05, 0.1) is 6.04 Å². The highest BCUT2D eigenvalue weighted by Gasteiger charge is 2.28. The molecule has 2 N–H and O–H groups in total. The van der Waals surface area contributed by atoms with Gasteiger partial charge in [-0.25, -0.2) is 4.68 Å². The summed E-state index contributed by atoms with van der Waals surface area (Å²) in [5.41, 5.74) is 8.88. The van der Waals surface area contributed by atoms with E-state index < -0.39 is 0 Å². The molecule has 112 valence electrons. The van der Waals surface area contributed by atoms with Crippen molar-refractivity contribution in [1.82, 2.24) is 20.2 Å². The zero-order valence-corrected chi connectivity index (χ0v) is 13.0. The lowest BCUT2D eigenvalue weighted by Crippen LogP contribution is -2.24. The van der Waals surface area contributed by atoms with Crippen molar-refractivity contribution < 1.29 is 0 Å². The van der Waals surface area contributed by atoms with Crippen LogP contribution in [0.3, 0.4) is 0 Å². The number of benzene rings is 1. The summed E-state index contributed by atoms with van der Waals surface area (Å²) in [7, 11) is 0. The maximum Gasteiger partial charge on any atom is 0.182 e. The lowest BCUT2D eigenvalue weighted by atomic mass is 9.79. The molecule has 2 aromatic rings. The van der Waals surface area contributed by atoms with Crippen molar-refractivity contribution in [2.45, 2.75) is 46.1 Å². The van der Waals surface area contributed by atoms with E-state index in [4.69, 9.17) is 5.73 Å². The third-order valence-corrected chi connectivity index (χ3v) is 5.03. The smallest absolute Gasteiger partial charge is 0.182 e. The minimum atomic E-state index is 0.391. The van der Waals surface area contributed by atoms with Gasteiger partial charge in [-0.3, -0.25) is 0 Å². The minimum Gasteiger partial charge on any atom is -0.398 e. The largest absolute Gasteiger partial charge is 0.398 e. The van der Waals surface area contributed by atoms with E-state index in [1.165, 1.54) is 6.42 Å². The van der Waals surface area contributed by atoms with Crippen LogP contribution in [0.2, 0.25) is 0 Å². The number of aromatic nitrogens is 4. The first-order chi connectivity index (χ1) is 10.1. The Bertz CT molecular complexity index is 633. The second-order valence-corrected chi connectivity index (χ2v) is 6.39. The zero-order chi connectivity index (χ0) is 15.0. The van der Waals surface area contributed by atoms with E-state index in [1.807, 2.05) is 29.8 Å². The van der Waals surface area contributed by atoms with Crippen LogP contribution >= 0.6 is 0 Å². The summed E-state index contributed by atoms with van der Waals surface area (Å²) in [5.74, 6) is 2.34. The van der Waals surface area contributed by atoms with Gasteiger partial charge in [-0.05, 0) is 60.1 Å². The average Bonchev–Trinajstić information content (AvgIpc) is 2.94. The molecule has 0 spiro atoms. The molecule has 0 radical (unpaired) electrons. The molecular formula is C16H23N5. The molecule has 1 aromatic heterocycles. The monoisotopic (exact) mass is 285 g/mol. The van der Waals surface area contributed by atoms with Gasteiger partial charge in [0.25, 0.3) is 0 Å². The van der Waals surface area contributed by atoms with Crippen molar-refractivity contribution in [3.63, 3.8) is 0 Å². The highest BCUT2D eigenvalue weighted by Crippen LogP contribution is 2.37. The van der Waals surface area contributed by atoms with E-state index >= 15 is 0 Å². The molecule has 1 heterocycles. The molecule has 0 bridgehead atoms. The third kappa shape index (κ3) is 2.52. The van der Waals surface area contributed by atoms with Crippen molar-refractivity contribution in [2.24, 2.45) is 11.8 Å². The number of hydrogen-bond donors (Lipinski definition) is 1. The van der Waals surface area contributed by atoms with Crippen molar-refractivity contribution >= 4 is 5.69 Å². The molecule has 0 amide bonds. The van der Waals surface area contributed by atoms with Crippen LogP contribution in [0.15, 0.2) is 18.2 Å². The van der Waals surface area contributed by atoms with E-state index in [9.17, 15) is 0 Å². The molecule has 3 atom stereocenters. The number of anilines is 1. The second-order valence-electron chi connectivity index (χ2n) is 6.39. The first-order valence-electron chi connectivity index (χ1n) is 7.71. The first-order valence-corrected chi connectivity index (χ1v) is 7.71. The molecule has 1 aliphatic carbocycles. The molecular weight excluding hydrogens is 262 g/mol. The molecule has 5 nitrogen and oxygen atoms in total. The van der Waals surface area contributed by atoms with Gasteiger partial charge in [0.15, 0.2) is 5.82 Å². The standard InChI is InChI=1S/C16H23N5/c1-10-7-8-13(9-11(10)2)21-16(18-19-20-21)14-5-4-6-15(17)12(14)3/h4-6,10-11,13H,7-9,17H2,1-3H3. The topological polar surface area (TPSA) is 69.6 Å². The van der Waals surface area contributed by atoms with E-state index in [0.29, 0.717) is 12.0 Å². The summed E-state index contributed by atoms with van der Waals surface area (Å²) >= 11 is 0. The number of tetrazole rings is 1. The van der Waals surface area contributed by atoms with Crippen LogP contribution in [0.5, 0.6) is 0 Å². The second kappa shape index (κ2) is 5.47. The molecule has 1 aromatic carbocycles. The van der Waals surface area contributed by atoms with Crippen LogP contribution in [0.1, 0.15) is 44.7 Å². The predicted octanol–water partition coefficient (Wildman–Crippen LogP) is 3.23. The summed E-state index contributed by atoms with van der Waals surface area (Å²) in [6.07, 6.45) is 3.52. The van der Waals surface area contributed by atoms with Crippen LogP contribution in [-0.4, -0.2) is 20.2 Å². The van der Waals surface area contributed by atoms with Gasteiger partial charge >= 0.3 is 0 Å². The van der Waals surface area contributed by atoms with Crippen molar-refractivity contribution in [1.29, 1.82) is 0 Å². The fraction of sp³-hybridized carbons (Fsp3) is 0.562. The molecule has 0 saturated heterocycles. The van der Waals surface area contributed by atoms with Crippen molar-refractivity contribution in [3.05, 3.63) is 23.8 Å². The molecule has 21 heavy (non-hydrogen) atoms. The number of nitrogens with two attached hydrogens (primary N) is 1. The van der Waals surface area contributed by atoms with Crippen molar-refractivity contribution in [2.75, 3.05) is 5.73 Å². The summed E-state index contributed by atoms with van der Waals surface area (Å²) in [5, 5.41) is 12.4. The van der Waals surface area contributed by atoms with Gasteiger partial charge in [-0.15, -0.1) is 5.10 Å². The average molecular weight is 285 g/mol. The molecule has 3 rings (SSSR count). The number of nitrogen functional groups attached to an aromatic ring is 1. The van der Waals surface area contributed by atoms with Crippen molar-refractivity contribution in [3.8, 4) is 11.4 Å². The predicted molar refractivity (Wildman–Crippen MR) is 83.6 cm³/mol. The Balaban J connectivity index is 1.96. The first kappa shape index (κ1) is 14.0. The SMILES string of the molecule is Cc1c(N)cccc1-c1nnnn1C1CCC(C)C(C)C1. The Kier molecular flexibility index (Phi) is 3.66. The highest BCUT2D eigenvalue weighted by atomic mass is 15.5. The van der Waals surface area contributed by atoms with Crippen LogP contribution in [0.4, 0.5) is 5.69 Å². The van der Waals surface area contributed by atoms with E-state index in [-0.39, 0.29) is 0 Å². The van der Waals surface area contributed by atoms with Gasteiger partial charge in [0, 0.05) is 11.3 Å². The fourth-order valence-corrected chi connectivity index (χ4v) is 3.25. The zero-order valence-electron chi connectivity index (χ0n) is 13.0. The third-order valence-electron chi connectivity index (χ3n) is 5.03. The maximum absolute atomic E-state index is 6.02. The van der Waals surface area contributed by atoms with Crippen LogP contribution in [0.25, 0.3) is 11.4 Å². The number of nitrogens with zero attached hydrogens (tertiary/aromatic N) is 4. The number of rotatable bonds is 2. The van der Waals surface area contributed by atoms with Gasteiger partial charge in [0.2, 0.25) is 0 Å². The molecule has 0 aliphatic heterocycles.